The van der Waals surface area contributed by atoms with Crippen molar-refractivity contribution in [3.8, 4) is 0 Å². The molecule has 0 aromatic carbocycles. The molecular weight excluding hydrogens is 210 g/mol. The number of nitrogens with zero attached hydrogens (tertiary/aromatic N) is 4. The number of aryl methyl sites for hydroxylation is 1. The van der Waals surface area contributed by atoms with Gasteiger partial charge in [0.1, 0.15) is 0 Å². The first-order chi connectivity index (χ1) is 7.36. The molecule has 1 aliphatic rings. The Balaban J connectivity index is 1.60. The Labute approximate surface area is 94.0 Å². The predicted octanol–water partition coefficient (Wildman–Crippen LogP) is 0.834. The third-order valence-corrected chi connectivity index (χ3v) is 3.77. The molecular formula is C9H17N5S. The van der Waals surface area contributed by atoms with Crippen molar-refractivity contribution in [2.75, 3.05) is 12.3 Å². The van der Waals surface area contributed by atoms with Crippen LogP contribution in [0, 0.1) is 0 Å². The zero-order valence-corrected chi connectivity index (χ0v) is 9.83. The van der Waals surface area contributed by atoms with Gasteiger partial charge < -0.3 is 5.32 Å². The summed E-state index contributed by atoms with van der Waals surface area (Å²) in [4.78, 5) is 0. The van der Waals surface area contributed by atoms with Gasteiger partial charge >= 0.3 is 0 Å². The van der Waals surface area contributed by atoms with Gasteiger partial charge in [0.15, 0.2) is 0 Å². The molecule has 1 unspecified atom stereocenters. The second-order valence-corrected chi connectivity index (χ2v) is 4.93. The van der Waals surface area contributed by atoms with Crippen LogP contribution in [0.15, 0.2) is 5.16 Å². The van der Waals surface area contributed by atoms with Crippen LogP contribution in [0.25, 0.3) is 0 Å². The summed E-state index contributed by atoms with van der Waals surface area (Å²) in [5, 5.41) is 15.8. The van der Waals surface area contributed by atoms with Gasteiger partial charge in [-0.25, -0.2) is 4.68 Å². The van der Waals surface area contributed by atoms with E-state index in [1.54, 1.807) is 16.4 Å². The van der Waals surface area contributed by atoms with Gasteiger partial charge in [-0.2, -0.15) is 0 Å². The number of hydrogen-bond acceptors (Lipinski definition) is 5. The van der Waals surface area contributed by atoms with Gasteiger partial charge in [-0.15, -0.1) is 5.10 Å². The summed E-state index contributed by atoms with van der Waals surface area (Å²) in [7, 11) is 1.88. The van der Waals surface area contributed by atoms with Crippen molar-refractivity contribution in [1.82, 2.24) is 25.5 Å². The minimum atomic E-state index is 0.753. The number of thioether (sulfide) groups is 1. The van der Waals surface area contributed by atoms with Crippen LogP contribution in [-0.4, -0.2) is 38.5 Å². The summed E-state index contributed by atoms with van der Waals surface area (Å²) in [5.74, 6) is 1.10. The molecule has 15 heavy (non-hydrogen) atoms. The van der Waals surface area contributed by atoms with Crippen LogP contribution in [0.3, 0.4) is 0 Å². The lowest BCUT2D eigenvalue weighted by Gasteiger charge is -2.08. The quantitative estimate of drug-likeness (QED) is 0.596. The molecule has 6 heteroatoms. The van der Waals surface area contributed by atoms with E-state index in [0.29, 0.717) is 0 Å². The van der Waals surface area contributed by atoms with Gasteiger partial charge in [-0.1, -0.05) is 11.8 Å². The molecule has 1 aromatic rings. The highest BCUT2D eigenvalue weighted by atomic mass is 32.2. The first-order valence-corrected chi connectivity index (χ1v) is 6.43. The van der Waals surface area contributed by atoms with E-state index in [0.717, 1.165) is 17.0 Å². The monoisotopic (exact) mass is 227 g/mol. The maximum atomic E-state index is 3.93. The van der Waals surface area contributed by atoms with Crippen molar-refractivity contribution in [2.24, 2.45) is 7.05 Å². The normalized spacial score (nSPS) is 21.0. The minimum absolute atomic E-state index is 0.753. The molecule has 1 atom stereocenters. The summed E-state index contributed by atoms with van der Waals surface area (Å²) in [6.07, 6.45) is 5.19. The van der Waals surface area contributed by atoms with E-state index in [4.69, 9.17) is 0 Å². The van der Waals surface area contributed by atoms with Crippen molar-refractivity contribution in [3.05, 3.63) is 0 Å². The van der Waals surface area contributed by atoms with E-state index >= 15 is 0 Å². The topological polar surface area (TPSA) is 55.6 Å². The van der Waals surface area contributed by atoms with Crippen molar-refractivity contribution in [1.29, 1.82) is 0 Å². The van der Waals surface area contributed by atoms with Gasteiger partial charge in [-0.05, 0) is 42.7 Å². The van der Waals surface area contributed by atoms with E-state index in [1.807, 2.05) is 7.05 Å². The smallest absolute Gasteiger partial charge is 0.209 e. The Kier molecular flexibility index (Phi) is 3.96. The maximum absolute atomic E-state index is 3.93. The lowest BCUT2D eigenvalue weighted by atomic mass is 10.1. The van der Waals surface area contributed by atoms with Gasteiger partial charge in [0, 0.05) is 18.8 Å². The predicted molar refractivity (Wildman–Crippen MR) is 59.8 cm³/mol. The van der Waals surface area contributed by atoms with Crippen LogP contribution < -0.4 is 5.32 Å². The summed E-state index contributed by atoms with van der Waals surface area (Å²) >= 11 is 1.74. The van der Waals surface area contributed by atoms with Crippen LogP contribution in [0.4, 0.5) is 0 Å². The molecule has 1 fully saturated rings. The number of rotatable bonds is 5. The lowest BCUT2D eigenvalue weighted by molar-refractivity contribution is 0.553. The molecule has 0 radical (unpaired) electrons. The molecule has 1 aliphatic heterocycles. The first kappa shape index (κ1) is 10.9. The molecule has 0 bridgehead atoms. The number of tetrazole rings is 1. The van der Waals surface area contributed by atoms with Crippen molar-refractivity contribution < 1.29 is 0 Å². The molecule has 2 rings (SSSR count). The number of hydrogen-bond donors (Lipinski definition) is 1. The highest BCUT2D eigenvalue weighted by Gasteiger charge is 2.13. The third-order valence-electron chi connectivity index (χ3n) is 2.67. The van der Waals surface area contributed by atoms with Crippen LogP contribution >= 0.6 is 11.8 Å². The second kappa shape index (κ2) is 5.46. The molecule has 0 spiro atoms. The molecule has 1 aromatic heterocycles. The van der Waals surface area contributed by atoms with Crippen LogP contribution in [0.2, 0.25) is 0 Å². The van der Waals surface area contributed by atoms with Crippen LogP contribution in [-0.2, 0) is 7.05 Å². The molecule has 1 saturated heterocycles. The largest absolute Gasteiger partial charge is 0.314 e. The Bertz CT molecular complexity index is 294. The molecule has 0 aliphatic carbocycles. The number of aromatic nitrogens is 4. The van der Waals surface area contributed by atoms with Crippen molar-refractivity contribution in [2.45, 2.75) is 36.9 Å². The molecule has 1 N–H and O–H groups in total. The lowest BCUT2D eigenvalue weighted by Crippen LogP contribution is -2.21. The summed E-state index contributed by atoms with van der Waals surface area (Å²) in [5.41, 5.74) is 0. The fraction of sp³-hybridized carbons (Fsp3) is 0.889. The Hall–Kier alpha value is -0.620. The third kappa shape index (κ3) is 3.17. The van der Waals surface area contributed by atoms with E-state index in [9.17, 15) is 0 Å². The average Bonchev–Trinajstić information content (AvgIpc) is 2.85. The summed E-state index contributed by atoms with van der Waals surface area (Å²) < 4.78 is 1.72. The number of nitrogens with one attached hydrogen (secondary N) is 1. The Morgan fingerprint density at radius 3 is 3.20 bits per heavy atom. The summed E-state index contributed by atoms with van der Waals surface area (Å²) in [6, 6.07) is 0.753. The standard InChI is InChI=1S/C9H17N5S/c1-14-9(11-12-13-14)15-7-3-5-8-4-2-6-10-8/h8,10H,2-7H2,1H3. The van der Waals surface area contributed by atoms with Gasteiger partial charge in [0.05, 0.1) is 0 Å². The first-order valence-electron chi connectivity index (χ1n) is 5.45. The van der Waals surface area contributed by atoms with Gasteiger partial charge in [-0.3, -0.25) is 0 Å². The second-order valence-electron chi connectivity index (χ2n) is 3.87. The Morgan fingerprint density at radius 1 is 1.60 bits per heavy atom. The average molecular weight is 227 g/mol. The van der Waals surface area contributed by atoms with Gasteiger partial charge in [0.2, 0.25) is 5.16 Å². The fourth-order valence-corrected chi connectivity index (χ4v) is 2.65. The molecule has 0 saturated carbocycles. The zero-order chi connectivity index (χ0) is 10.5. The Morgan fingerprint density at radius 2 is 2.53 bits per heavy atom. The zero-order valence-electron chi connectivity index (χ0n) is 9.02. The highest BCUT2D eigenvalue weighted by molar-refractivity contribution is 7.99. The molecule has 84 valence electrons. The highest BCUT2D eigenvalue weighted by Crippen LogP contribution is 2.17. The van der Waals surface area contributed by atoms with Crippen molar-refractivity contribution >= 4 is 11.8 Å². The van der Waals surface area contributed by atoms with E-state index in [-0.39, 0.29) is 0 Å². The molecule has 2 heterocycles. The van der Waals surface area contributed by atoms with E-state index < -0.39 is 0 Å². The van der Waals surface area contributed by atoms with Gasteiger partial charge in [0.25, 0.3) is 0 Å². The van der Waals surface area contributed by atoms with E-state index in [2.05, 4.69) is 20.8 Å². The summed E-state index contributed by atoms with van der Waals surface area (Å²) in [6.45, 7) is 1.20. The van der Waals surface area contributed by atoms with Crippen LogP contribution in [0.1, 0.15) is 25.7 Å². The molecule has 5 nitrogen and oxygen atoms in total. The fourth-order valence-electron chi connectivity index (χ4n) is 1.84. The SMILES string of the molecule is Cn1nnnc1SCCCC1CCCN1. The van der Waals surface area contributed by atoms with E-state index in [1.165, 1.54) is 32.2 Å². The van der Waals surface area contributed by atoms with Crippen molar-refractivity contribution in [3.63, 3.8) is 0 Å². The minimum Gasteiger partial charge on any atom is -0.314 e. The maximum Gasteiger partial charge on any atom is 0.209 e. The molecule has 0 amide bonds. The van der Waals surface area contributed by atoms with Crippen LogP contribution in [0.5, 0.6) is 0 Å².